The number of hydrogen-bond acceptors (Lipinski definition) is 4. The highest BCUT2D eigenvalue weighted by atomic mass is 19.4. The molecule has 0 saturated heterocycles. The molecule has 0 fully saturated rings. The van der Waals surface area contributed by atoms with Crippen LogP contribution >= 0.6 is 0 Å². The number of ether oxygens (including phenoxy) is 2. The van der Waals surface area contributed by atoms with E-state index in [1.807, 2.05) is 0 Å². The minimum Gasteiger partial charge on any atom is -0.424 e. The Bertz CT molecular complexity index is 772. The van der Waals surface area contributed by atoms with Crippen LogP contribution in [0.3, 0.4) is 0 Å². The topological polar surface area (TPSA) is 52.6 Å². The zero-order valence-electron chi connectivity index (χ0n) is 13.2. The van der Waals surface area contributed by atoms with Gasteiger partial charge in [-0.3, -0.25) is 0 Å². The third-order valence-corrected chi connectivity index (χ3v) is 3.23. The van der Waals surface area contributed by atoms with Gasteiger partial charge >= 0.3 is 24.3 Å². The molecule has 4 nitrogen and oxygen atoms in total. The molecule has 0 heterocycles. The van der Waals surface area contributed by atoms with E-state index in [9.17, 15) is 35.9 Å². The van der Waals surface area contributed by atoms with Crippen molar-refractivity contribution in [2.24, 2.45) is 0 Å². The van der Waals surface area contributed by atoms with Crippen LogP contribution in [0.15, 0.2) is 48.5 Å². The molecule has 0 spiro atoms. The van der Waals surface area contributed by atoms with E-state index in [1.54, 1.807) is 0 Å². The van der Waals surface area contributed by atoms with Crippen LogP contribution in [0.5, 0.6) is 0 Å². The van der Waals surface area contributed by atoms with Crippen LogP contribution in [0.4, 0.5) is 26.3 Å². The minimum absolute atomic E-state index is 0.431. The van der Waals surface area contributed by atoms with E-state index < -0.39 is 53.3 Å². The van der Waals surface area contributed by atoms with E-state index in [0.717, 1.165) is 36.4 Å². The molecule has 0 atom stereocenters. The van der Waals surface area contributed by atoms with Crippen LogP contribution < -0.4 is 0 Å². The second-order valence-corrected chi connectivity index (χ2v) is 5.14. The molecule has 0 aliphatic heterocycles. The van der Waals surface area contributed by atoms with Gasteiger partial charge in [-0.25, -0.2) is 9.59 Å². The minimum atomic E-state index is -4.66. The first-order valence-electron chi connectivity index (χ1n) is 7.17. The van der Waals surface area contributed by atoms with Crippen LogP contribution in [0.2, 0.25) is 0 Å². The maximum atomic E-state index is 12.6. The van der Waals surface area contributed by atoms with Crippen molar-refractivity contribution in [1.82, 2.24) is 0 Å². The smallest absolute Gasteiger partial charge is 0.416 e. The van der Waals surface area contributed by atoms with Crippen molar-refractivity contribution in [2.75, 3.05) is 6.79 Å². The molecule has 0 aliphatic carbocycles. The molecule has 0 amide bonds. The van der Waals surface area contributed by atoms with E-state index in [0.29, 0.717) is 12.1 Å². The van der Waals surface area contributed by atoms with E-state index in [2.05, 4.69) is 9.47 Å². The summed E-state index contributed by atoms with van der Waals surface area (Å²) in [4.78, 5) is 23.4. The highest BCUT2D eigenvalue weighted by molar-refractivity contribution is 5.91. The van der Waals surface area contributed by atoms with Gasteiger partial charge in [-0.2, -0.15) is 26.3 Å². The Kier molecular flexibility index (Phi) is 5.77. The van der Waals surface area contributed by atoms with Gasteiger partial charge in [0.25, 0.3) is 0 Å². The number of alkyl halides is 6. The molecule has 0 aliphatic rings. The quantitative estimate of drug-likeness (QED) is 0.430. The van der Waals surface area contributed by atoms with Crippen molar-refractivity contribution < 1.29 is 45.4 Å². The summed E-state index contributed by atoms with van der Waals surface area (Å²) >= 11 is 0. The average Bonchev–Trinajstić information content (AvgIpc) is 2.60. The van der Waals surface area contributed by atoms with Gasteiger partial charge in [-0.1, -0.05) is 12.1 Å². The van der Waals surface area contributed by atoms with Gasteiger partial charge in [0.2, 0.25) is 6.79 Å². The first-order valence-corrected chi connectivity index (χ1v) is 7.17. The van der Waals surface area contributed by atoms with E-state index in [4.69, 9.17) is 0 Å². The maximum absolute atomic E-state index is 12.6. The number of rotatable bonds is 4. The maximum Gasteiger partial charge on any atom is 0.416 e. The SMILES string of the molecule is O=C(OCOC(=O)c1cccc(C(F)(F)F)c1)c1cccc(C(F)(F)F)c1. The largest absolute Gasteiger partial charge is 0.424 e. The molecular formula is C17H10F6O4. The van der Waals surface area contributed by atoms with E-state index >= 15 is 0 Å². The number of hydrogen-bond donors (Lipinski definition) is 0. The third kappa shape index (κ3) is 5.47. The molecule has 0 aromatic heterocycles. The fourth-order valence-corrected chi connectivity index (χ4v) is 1.95. The Morgan fingerprint density at radius 3 is 1.41 bits per heavy atom. The summed E-state index contributed by atoms with van der Waals surface area (Å²) in [5.74, 6) is -2.39. The molecule has 27 heavy (non-hydrogen) atoms. The lowest BCUT2D eigenvalue weighted by Crippen LogP contribution is -2.15. The molecule has 0 radical (unpaired) electrons. The highest BCUT2D eigenvalue weighted by Crippen LogP contribution is 2.30. The molecule has 2 aromatic rings. The van der Waals surface area contributed by atoms with Crippen LogP contribution in [-0.2, 0) is 21.8 Å². The van der Waals surface area contributed by atoms with E-state index in [1.165, 1.54) is 0 Å². The van der Waals surface area contributed by atoms with Gasteiger partial charge in [0.15, 0.2) is 0 Å². The molecule has 0 unspecified atom stereocenters. The van der Waals surface area contributed by atoms with Gasteiger partial charge in [0.05, 0.1) is 22.3 Å². The molecule has 0 bridgehead atoms. The summed E-state index contributed by atoms with van der Waals surface area (Å²) in [5, 5.41) is 0. The number of carbonyl (C=O) groups is 2. The van der Waals surface area contributed by atoms with Gasteiger partial charge in [-0.15, -0.1) is 0 Å². The summed E-state index contributed by atoms with van der Waals surface area (Å²) in [5.41, 5.74) is -3.00. The lowest BCUT2D eigenvalue weighted by molar-refractivity contribution is -0.138. The number of esters is 2. The summed E-state index contributed by atoms with van der Waals surface area (Å²) in [6.07, 6.45) is -9.32. The Balaban J connectivity index is 1.96. The van der Waals surface area contributed by atoms with Crippen molar-refractivity contribution in [3.8, 4) is 0 Å². The Morgan fingerprint density at radius 2 is 1.07 bits per heavy atom. The van der Waals surface area contributed by atoms with Crippen molar-refractivity contribution in [2.45, 2.75) is 12.4 Å². The highest BCUT2D eigenvalue weighted by Gasteiger charge is 2.32. The molecular weight excluding hydrogens is 382 g/mol. The predicted molar refractivity (Wildman–Crippen MR) is 78.6 cm³/mol. The Labute approximate surface area is 148 Å². The van der Waals surface area contributed by atoms with Crippen LogP contribution in [0, 0.1) is 0 Å². The zero-order valence-corrected chi connectivity index (χ0v) is 13.2. The molecule has 144 valence electrons. The Hall–Kier alpha value is -3.04. The molecule has 2 rings (SSSR count). The lowest BCUT2D eigenvalue weighted by atomic mass is 10.1. The third-order valence-electron chi connectivity index (χ3n) is 3.23. The van der Waals surface area contributed by atoms with Gasteiger partial charge in [-0.05, 0) is 36.4 Å². The summed E-state index contributed by atoms with van der Waals surface area (Å²) in [6.45, 7) is -0.982. The number of halogens is 6. The van der Waals surface area contributed by atoms with Crippen molar-refractivity contribution >= 4 is 11.9 Å². The van der Waals surface area contributed by atoms with Crippen molar-refractivity contribution in [3.63, 3.8) is 0 Å². The molecule has 10 heteroatoms. The predicted octanol–water partition coefficient (Wildman–Crippen LogP) is 4.70. The second-order valence-electron chi connectivity index (χ2n) is 5.14. The van der Waals surface area contributed by atoms with Gasteiger partial charge in [0.1, 0.15) is 0 Å². The molecule has 2 aromatic carbocycles. The van der Waals surface area contributed by atoms with Crippen LogP contribution in [0.1, 0.15) is 31.8 Å². The van der Waals surface area contributed by atoms with Crippen LogP contribution in [-0.4, -0.2) is 18.7 Å². The van der Waals surface area contributed by atoms with Crippen LogP contribution in [0.25, 0.3) is 0 Å². The van der Waals surface area contributed by atoms with Crippen molar-refractivity contribution in [3.05, 3.63) is 70.8 Å². The number of carbonyl (C=O) groups excluding carboxylic acids is 2. The monoisotopic (exact) mass is 392 g/mol. The summed E-state index contributed by atoms with van der Waals surface area (Å²) in [7, 11) is 0. The van der Waals surface area contributed by atoms with Crippen molar-refractivity contribution in [1.29, 1.82) is 0 Å². The fourth-order valence-electron chi connectivity index (χ4n) is 1.95. The fraction of sp³-hybridized carbons (Fsp3) is 0.176. The molecule has 0 saturated carbocycles. The molecule has 0 N–H and O–H groups in total. The number of benzene rings is 2. The summed E-state index contributed by atoms with van der Waals surface area (Å²) in [6, 6.07) is 6.73. The zero-order chi connectivity index (χ0) is 20.2. The first-order chi connectivity index (χ1) is 12.5. The normalized spacial score (nSPS) is 11.8. The average molecular weight is 392 g/mol. The van der Waals surface area contributed by atoms with E-state index in [-0.39, 0.29) is 0 Å². The lowest BCUT2D eigenvalue weighted by Gasteiger charge is -2.10. The van der Waals surface area contributed by atoms with Gasteiger partial charge < -0.3 is 9.47 Å². The second kappa shape index (κ2) is 7.68. The Morgan fingerprint density at radius 1 is 0.704 bits per heavy atom. The standard InChI is InChI=1S/C17H10F6O4/c18-16(19,20)12-5-1-3-10(7-12)14(24)26-9-27-15(25)11-4-2-6-13(8-11)17(21,22)23/h1-8H,9H2. The van der Waals surface area contributed by atoms with Gasteiger partial charge in [0, 0.05) is 0 Å². The summed E-state index contributed by atoms with van der Waals surface area (Å²) < 4.78 is 84.6. The first kappa shape index (κ1) is 20.3.